The third-order valence-corrected chi connectivity index (χ3v) is 7.06. The molecule has 6 rings (SSSR count). The van der Waals surface area contributed by atoms with Crippen molar-refractivity contribution in [2.45, 2.75) is 57.9 Å². The molecule has 1 aliphatic heterocycles. The van der Waals surface area contributed by atoms with Gasteiger partial charge in [0.25, 0.3) is 5.91 Å². The van der Waals surface area contributed by atoms with Crippen LogP contribution in [0.25, 0.3) is 17.2 Å². The minimum atomic E-state index is -0.574. The van der Waals surface area contributed by atoms with Gasteiger partial charge < -0.3 is 14.5 Å². The SMILES string of the molecule is Cc1cc(F)c(C(=O)Nc2cccc(-c3ncc4n3C(C)(C)CC4)n2)cc1-n1cnc(C2CC2)c1. The third kappa shape index (κ3) is 3.83. The van der Waals surface area contributed by atoms with Crippen LogP contribution < -0.4 is 5.32 Å². The van der Waals surface area contributed by atoms with Crippen LogP contribution in [0.1, 0.15) is 66.3 Å². The number of nitrogens with zero attached hydrogens (tertiary/aromatic N) is 5. The molecule has 1 fully saturated rings. The van der Waals surface area contributed by atoms with Crippen molar-refractivity contribution < 1.29 is 9.18 Å². The molecule has 0 spiro atoms. The zero-order valence-electron chi connectivity index (χ0n) is 20.0. The second-order valence-electron chi connectivity index (χ2n) is 10.2. The highest BCUT2D eigenvalue weighted by Crippen LogP contribution is 2.39. The van der Waals surface area contributed by atoms with Gasteiger partial charge in [0.15, 0.2) is 5.82 Å². The van der Waals surface area contributed by atoms with Gasteiger partial charge in [0.1, 0.15) is 17.3 Å². The van der Waals surface area contributed by atoms with Gasteiger partial charge >= 0.3 is 0 Å². The van der Waals surface area contributed by atoms with Crippen LogP contribution in [-0.4, -0.2) is 30.0 Å². The number of fused-ring (bicyclic) bond motifs is 1. The largest absolute Gasteiger partial charge is 0.321 e. The van der Waals surface area contributed by atoms with Gasteiger partial charge in [-0.25, -0.2) is 19.3 Å². The van der Waals surface area contributed by atoms with Crippen LogP contribution in [0.15, 0.2) is 49.1 Å². The van der Waals surface area contributed by atoms with Crippen LogP contribution in [0.5, 0.6) is 0 Å². The Morgan fingerprint density at radius 3 is 2.83 bits per heavy atom. The van der Waals surface area contributed by atoms with E-state index in [2.05, 4.69) is 38.7 Å². The Morgan fingerprint density at radius 2 is 2.03 bits per heavy atom. The summed E-state index contributed by atoms with van der Waals surface area (Å²) < 4.78 is 18.9. The van der Waals surface area contributed by atoms with E-state index in [0.29, 0.717) is 17.4 Å². The standard InChI is InChI=1S/C27H27FN6O/c1-16-11-20(28)19(12-23(16)33-14-22(30-15-33)17-7-8-17)26(35)32-24-6-4-5-21(31-24)25-29-13-18-9-10-27(2,3)34(18)25/h4-6,11-15,17H,7-10H2,1-3H3,(H,31,32,35). The Bertz CT molecular complexity index is 1460. The van der Waals surface area contributed by atoms with Gasteiger partial charge in [-0.1, -0.05) is 6.07 Å². The predicted molar refractivity (Wildman–Crippen MR) is 131 cm³/mol. The zero-order chi connectivity index (χ0) is 24.3. The van der Waals surface area contributed by atoms with Crippen molar-refractivity contribution in [1.29, 1.82) is 0 Å². The summed E-state index contributed by atoms with van der Waals surface area (Å²) in [6, 6.07) is 8.36. The van der Waals surface area contributed by atoms with Gasteiger partial charge in [-0.2, -0.15) is 0 Å². The van der Waals surface area contributed by atoms with E-state index in [4.69, 9.17) is 0 Å². The highest BCUT2D eigenvalue weighted by molar-refractivity contribution is 6.04. The number of benzene rings is 1. The van der Waals surface area contributed by atoms with Crippen LogP contribution in [-0.2, 0) is 12.0 Å². The summed E-state index contributed by atoms with van der Waals surface area (Å²) in [7, 11) is 0. The van der Waals surface area contributed by atoms with E-state index in [1.54, 1.807) is 18.5 Å². The molecular weight excluding hydrogens is 443 g/mol. The predicted octanol–water partition coefficient (Wildman–Crippen LogP) is 5.39. The number of pyridine rings is 1. The average Bonchev–Trinajstić information content (AvgIpc) is 3.25. The first kappa shape index (κ1) is 21.7. The molecule has 7 nitrogen and oxygen atoms in total. The van der Waals surface area contributed by atoms with Crippen LogP contribution in [0.3, 0.4) is 0 Å². The molecule has 1 amide bonds. The molecule has 178 valence electrons. The summed E-state index contributed by atoms with van der Waals surface area (Å²) in [5.41, 5.74) is 4.26. The van der Waals surface area contributed by atoms with Crippen LogP contribution in [0.2, 0.25) is 0 Å². The summed E-state index contributed by atoms with van der Waals surface area (Å²) >= 11 is 0. The molecule has 1 saturated carbocycles. The van der Waals surface area contributed by atoms with Crippen molar-refractivity contribution in [2.75, 3.05) is 5.32 Å². The highest BCUT2D eigenvalue weighted by atomic mass is 19.1. The van der Waals surface area contributed by atoms with Gasteiger partial charge in [0.05, 0.1) is 23.3 Å². The Hall–Kier alpha value is -3.81. The average molecular weight is 471 g/mol. The number of hydrogen-bond donors (Lipinski definition) is 1. The molecule has 0 atom stereocenters. The smallest absolute Gasteiger partial charge is 0.259 e. The van der Waals surface area contributed by atoms with E-state index in [-0.39, 0.29) is 11.1 Å². The molecule has 3 aromatic heterocycles. The number of aromatic nitrogens is 5. The van der Waals surface area contributed by atoms with Crippen LogP contribution in [0, 0.1) is 12.7 Å². The Morgan fingerprint density at radius 1 is 1.20 bits per heavy atom. The van der Waals surface area contributed by atoms with Crippen LogP contribution in [0.4, 0.5) is 10.2 Å². The fourth-order valence-electron chi connectivity index (χ4n) is 4.95. The molecule has 0 radical (unpaired) electrons. The molecule has 4 heterocycles. The van der Waals surface area contributed by atoms with Crippen molar-refractivity contribution in [2.24, 2.45) is 0 Å². The number of halogens is 1. The molecule has 1 aromatic carbocycles. The normalized spacial score (nSPS) is 16.3. The monoisotopic (exact) mass is 470 g/mol. The lowest BCUT2D eigenvalue weighted by atomic mass is 10.0. The van der Waals surface area contributed by atoms with E-state index in [1.807, 2.05) is 36.0 Å². The zero-order valence-corrected chi connectivity index (χ0v) is 20.0. The molecule has 0 unspecified atom stereocenters. The van der Waals surface area contributed by atoms with Crippen molar-refractivity contribution in [3.8, 4) is 17.2 Å². The summed E-state index contributed by atoms with van der Waals surface area (Å²) in [6.45, 7) is 6.20. The number of imidazole rings is 2. The third-order valence-electron chi connectivity index (χ3n) is 7.06. The number of amides is 1. The molecule has 35 heavy (non-hydrogen) atoms. The number of nitrogens with one attached hydrogen (secondary N) is 1. The maximum absolute atomic E-state index is 14.9. The lowest BCUT2D eigenvalue weighted by Gasteiger charge is -2.23. The molecule has 2 aliphatic rings. The van der Waals surface area contributed by atoms with Gasteiger partial charge in [-0.3, -0.25) is 4.79 Å². The number of carbonyl (C=O) groups is 1. The highest BCUT2D eigenvalue weighted by Gasteiger charge is 2.32. The first-order valence-corrected chi connectivity index (χ1v) is 12.0. The topological polar surface area (TPSA) is 77.6 Å². The number of anilines is 1. The summed E-state index contributed by atoms with van der Waals surface area (Å²) in [4.78, 5) is 26.8. The first-order chi connectivity index (χ1) is 16.8. The maximum Gasteiger partial charge on any atom is 0.259 e. The fourth-order valence-corrected chi connectivity index (χ4v) is 4.95. The second kappa shape index (κ2) is 7.86. The van der Waals surface area contributed by atoms with E-state index in [9.17, 15) is 9.18 Å². The van der Waals surface area contributed by atoms with E-state index >= 15 is 0 Å². The van der Waals surface area contributed by atoms with E-state index < -0.39 is 11.7 Å². The van der Waals surface area contributed by atoms with Gasteiger partial charge in [0, 0.05) is 29.5 Å². The summed E-state index contributed by atoms with van der Waals surface area (Å²) in [5.74, 6) is 0.509. The Kier molecular flexibility index (Phi) is 4.88. The lowest BCUT2D eigenvalue weighted by Crippen LogP contribution is -2.22. The quantitative estimate of drug-likeness (QED) is 0.424. The molecule has 0 saturated heterocycles. The molecule has 4 aromatic rings. The van der Waals surface area contributed by atoms with Gasteiger partial charge in [-0.15, -0.1) is 0 Å². The van der Waals surface area contributed by atoms with E-state index in [1.165, 1.54) is 11.8 Å². The van der Waals surface area contributed by atoms with E-state index in [0.717, 1.165) is 48.5 Å². The number of aryl methyl sites for hydroxylation is 2. The minimum absolute atomic E-state index is 0.0395. The van der Waals surface area contributed by atoms with Crippen molar-refractivity contribution >= 4 is 11.7 Å². The fraction of sp³-hybridized carbons (Fsp3) is 0.333. The maximum atomic E-state index is 14.9. The summed E-state index contributed by atoms with van der Waals surface area (Å²) in [6.07, 6.45) is 9.91. The van der Waals surface area contributed by atoms with Gasteiger partial charge in [-0.05, 0) is 76.3 Å². The molecule has 1 aliphatic carbocycles. The second-order valence-corrected chi connectivity index (χ2v) is 10.2. The molecular formula is C27H27FN6O. The molecule has 8 heteroatoms. The number of rotatable bonds is 5. The van der Waals surface area contributed by atoms with Gasteiger partial charge in [0.2, 0.25) is 0 Å². The van der Waals surface area contributed by atoms with Crippen molar-refractivity contribution in [3.63, 3.8) is 0 Å². The minimum Gasteiger partial charge on any atom is -0.321 e. The number of carbonyl (C=O) groups excluding carboxylic acids is 1. The number of hydrogen-bond acceptors (Lipinski definition) is 4. The first-order valence-electron chi connectivity index (χ1n) is 12.0. The molecule has 0 bridgehead atoms. The summed E-state index contributed by atoms with van der Waals surface area (Å²) in [5, 5.41) is 2.77. The Balaban J connectivity index is 1.29. The van der Waals surface area contributed by atoms with Crippen molar-refractivity contribution in [3.05, 3.63) is 77.4 Å². The van der Waals surface area contributed by atoms with Crippen LogP contribution >= 0.6 is 0 Å². The lowest BCUT2D eigenvalue weighted by molar-refractivity contribution is 0.102. The van der Waals surface area contributed by atoms with Crippen molar-refractivity contribution in [1.82, 2.24) is 24.1 Å². The molecule has 1 N–H and O–H groups in total. The Labute approximate surface area is 203 Å².